The van der Waals surface area contributed by atoms with Crippen molar-refractivity contribution in [1.29, 1.82) is 0 Å². The smallest absolute Gasteiger partial charge is 0.163 e. The summed E-state index contributed by atoms with van der Waals surface area (Å²) < 4.78 is 0. The summed E-state index contributed by atoms with van der Waals surface area (Å²) in [6.07, 6.45) is 1.17. The van der Waals surface area contributed by atoms with Gasteiger partial charge in [0.05, 0.1) is 0 Å². The molecule has 0 fully saturated rings. The van der Waals surface area contributed by atoms with Gasteiger partial charge in [0.2, 0.25) is 0 Å². The summed E-state index contributed by atoms with van der Waals surface area (Å²) in [7, 11) is 0. The van der Waals surface area contributed by atoms with Crippen molar-refractivity contribution in [2.75, 3.05) is 0 Å². The first-order valence-corrected chi connectivity index (χ1v) is 5.15. The van der Waals surface area contributed by atoms with Crippen LogP contribution in [0.3, 0.4) is 0 Å². The molecule has 0 bridgehead atoms. The monoisotopic (exact) mass is 200 g/mol. The highest BCUT2D eigenvalue weighted by atomic mass is 16.1. The normalized spacial score (nSPS) is 9.27. The molecule has 78 valence electrons. The van der Waals surface area contributed by atoms with Gasteiger partial charge in [-0.1, -0.05) is 12.1 Å². The molecule has 1 aromatic rings. The molecule has 0 aromatic heterocycles. The van der Waals surface area contributed by atoms with E-state index < -0.39 is 0 Å². The van der Waals surface area contributed by atoms with Crippen molar-refractivity contribution in [1.82, 2.24) is 0 Å². The quantitative estimate of drug-likeness (QED) is 0.540. The van der Waals surface area contributed by atoms with Crippen LogP contribution in [0.1, 0.15) is 41.3 Å². The van der Waals surface area contributed by atoms with E-state index in [1.807, 2.05) is 32.0 Å². The van der Waals surface area contributed by atoms with Crippen LogP contribution < -0.4 is 0 Å². The van der Waals surface area contributed by atoms with Crippen molar-refractivity contribution in [3.8, 4) is 11.8 Å². The maximum absolute atomic E-state index is 11.7. The maximum Gasteiger partial charge on any atom is 0.163 e. The Hall–Kier alpha value is -1.55. The summed E-state index contributed by atoms with van der Waals surface area (Å²) >= 11 is 0. The Kier molecular flexibility index (Phi) is 4.12. The molecule has 0 atom stereocenters. The summed E-state index contributed by atoms with van der Waals surface area (Å²) in [4.78, 5) is 11.7. The predicted molar refractivity (Wildman–Crippen MR) is 62.9 cm³/mol. The van der Waals surface area contributed by atoms with E-state index in [1.165, 1.54) is 11.1 Å². The van der Waals surface area contributed by atoms with Crippen LogP contribution in [0.25, 0.3) is 0 Å². The van der Waals surface area contributed by atoms with E-state index >= 15 is 0 Å². The molecular formula is C14H16O. The van der Waals surface area contributed by atoms with Gasteiger partial charge in [0.15, 0.2) is 5.78 Å². The highest BCUT2D eigenvalue weighted by molar-refractivity contribution is 5.96. The highest BCUT2D eigenvalue weighted by Gasteiger charge is 2.05. The summed E-state index contributed by atoms with van der Waals surface area (Å²) in [5.74, 6) is 5.88. The molecule has 0 radical (unpaired) electrons. The van der Waals surface area contributed by atoms with E-state index in [1.54, 1.807) is 6.92 Å². The van der Waals surface area contributed by atoms with Crippen LogP contribution >= 0.6 is 0 Å². The number of hydrogen-bond acceptors (Lipinski definition) is 1. The summed E-state index contributed by atoms with van der Waals surface area (Å²) in [6, 6.07) is 5.84. The Balaban J connectivity index is 2.72. The SMILES string of the molecule is CC#CCCC(=O)c1ccc(C)c(C)c1. The van der Waals surface area contributed by atoms with Gasteiger partial charge < -0.3 is 0 Å². The van der Waals surface area contributed by atoms with Crippen LogP contribution in [0.5, 0.6) is 0 Å². The van der Waals surface area contributed by atoms with Crippen molar-refractivity contribution < 1.29 is 4.79 Å². The predicted octanol–water partition coefficient (Wildman–Crippen LogP) is 3.29. The van der Waals surface area contributed by atoms with Crippen molar-refractivity contribution >= 4 is 5.78 Å². The standard InChI is InChI=1S/C14H16O/c1-4-5-6-7-14(15)13-9-8-11(2)12(3)10-13/h8-10H,6-7H2,1-3H3. The molecule has 0 unspecified atom stereocenters. The lowest BCUT2D eigenvalue weighted by atomic mass is 10.0. The van der Waals surface area contributed by atoms with E-state index in [2.05, 4.69) is 11.8 Å². The second kappa shape index (κ2) is 5.36. The van der Waals surface area contributed by atoms with E-state index in [4.69, 9.17) is 0 Å². The zero-order chi connectivity index (χ0) is 11.3. The van der Waals surface area contributed by atoms with Crippen molar-refractivity contribution in [3.63, 3.8) is 0 Å². The average Bonchev–Trinajstić information content (AvgIpc) is 2.22. The second-order valence-electron chi connectivity index (χ2n) is 3.65. The van der Waals surface area contributed by atoms with Crippen molar-refractivity contribution in [3.05, 3.63) is 34.9 Å². The number of hydrogen-bond donors (Lipinski definition) is 0. The fourth-order valence-corrected chi connectivity index (χ4v) is 1.36. The van der Waals surface area contributed by atoms with E-state index in [0.29, 0.717) is 12.8 Å². The maximum atomic E-state index is 11.7. The van der Waals surface area contributed by atoms with E-state index in [9.17, 15) is 4.79 Å². The molecule has 0 heterocycles. The molecule has 0 saturated heterocycles. The molecule has 1 rings (SSSR count). The summed E-state index contributed by atoms with van der Waals surface area (Å²) in [5, 5.41) is 0. The number of benzene rings is 1. The van der Waals surface area contributed by atoms with Crippen molar-refractivity contribution in [2.24, 2.45) is 0 Å². The Morgan fingerprint density at radius 1 is 1.27 bits per heavy atom. The molecule has 1 heteroatoms. The molecule has 0 aliphatic rings. The van der Waals surface area contributed by atoms with E-state index in [0.717, 1.165) is 5.56 Å². The first kappa shape index (κ1) is 11.5. The Morgan fingerprint density at radius 2 is 2.00 bits per heavy atom. The van der Waals surface area contributed by atoms with Crippen molar-refractivity contribution in [2.45, 2.75) is 33.6 Å². The average molecular weight is 200 g/mol. The highest BCUT2D eigenvalue weighted by Crippen LogP contribution is 2.12. The molecule has 0 N–H and O–H groups in total. The lowest BCUT2D eigenvalue weighted by molar-refractivity contribution is 0.0984. The van der Waals surface area contributed by atoms with Gasteiger partial charge in [0, 0.05) is 18.4 Å². The molecule has 1 aromatic carbocycles. The largest absolute Gasteiger partial charge is 0.294 e. The number of ketones is 1. The topological polar surface area (TPSA) is 17.1 Å². The molecule has 0 amide bonds. The van der Waals surface area contributed by atoms with Crippen LogP contribution in [0, 0.1) is 25.7 Å². The minimum atomic E-state index is 0.181. The first-order valence-electron chi connectivity index (χ1n) is 5.15. The Morgan fingerprint density at radius 3 is 2.60 bits per heavy atom. The van der Waals surface area contributed by atoms with Gasteiger partial charge in [0.25, 0.3) is 0 Å². The number of aryl methyl sites for hydroxylation is 2. The molecule has 0 aliphatic heterocycles. The third kappa shape index (κ3) is 3.25. The number of carbonyl (C=O) groups excluding carboxylic acids is 1. The minimum Gasteiger partial charge on any atom is -0.294 e. The van der Waals surface area contributed by atoms with Gasteiger partial charge in [-0.15, -0.1) is 11.8 Å². The van der Waals surface area contributed by atoms with Gasteiger partial charge in [-0.2, -0.15) is 0 Å². The van der Waals surface area contributed by atoms with Crippen LogP contribution in [-0.4, -0.2) is 5.78 Å². The fraction of sp³-hybridized carbons (Fsp3) is 0.357. The van der Waals surface area contributed by atoms with Gasteiger partial charge in [0.1, 0.15) is 0 Å². The number of carbonyl (C=O) groups is 1. The Labute approximate surface area is 91.5 Å². The lowest BCUT2D eigenvalue weighted by Gasteiger charge is -2.03. The van der Waals surface area contributed by atoms with Crippen LogP contribution in [-0.2, 0) is 0 Å². The molecular weight excluding hydrogens is 184 g/mol. The zero-order valence-corrected chi connectivity index (χ0v) is 9.55. The summed E-state index contributed by atoms with van der Waals surface area (Å²) in [5.41, 5.74) is 3.19. The third-order valence-electron chi connectivity index (χ3n) is 2.48. The Bertz CT molecular complexity index is 419. The molecule has 1 nitrogen and oxygen atoms in total. The fourth-order valence-electron chi connectivity index (χ4n) is 1.36. The molecule has 0 saturated carbocycles. The number of Topliss-reactive ketones (excluding diaryl/α,β-unsaturated/α-hetero) is 1. The minimum absolute atomic E-state index is 0.181. The molecule has 0 aliphatic carbocycles. The van der Waals surface area contributed by atoms with Gasteiger partial charge in [-0.25, -0.2) is 0 Å². The summed E-state index contributed by atoms with van der Waals surface area (Å²) in [6.45, 7) is 5.87. The van der Waals surface area contributed by atoms with Gasteiger partial charge in [-0.3, -0.25) is 4.79 Å². The zero-order valence-electron chi connectivity index (χ0n) is 9.55. The number of rotatable bonds is 3. The van der Waals surface area contributed by atoms with Gasteiger partial charge in [-0.05, 0) is 38.0 Å². The van der Waals surface area contributed by atoms with Crippen LogP contribution in [0.2, 0.25) is 0 Å². The second-order valence-corrected chi connectivity index (χ2v) is 3.65. The van der Waals surface area contributed by atoms with Crippen LogP contribution in [0.4, 0.5) is 0 Å². The van der Waals surface area contributed by atoms with Crippen LogP contribution in [0.15, 0.2) is 18.2 Å². The molecule has 15 heavy (non-hydrogen) atoms. The third-order valence-corrected chi connectivity index (χ3v) is 2.48. The lowest BCUT2D eigenvalue weighted by Crippen LogP contribution is -1.99. The first-order chi connectivity index (χ1) is 7.15. The van der Waals surface area contributed by atoms with E-state index in [-0.39, 0.29) is 5.78 Å². The van der Waals surface area contributed by atoms with Gasteiger partial charge >= 0.3 is 0 Å². The molecule has 0 spiro atoms.